The van der Waals surface area contributed by atoms with E-state index in [0.29, 0.717) is 17.2 Å². The van der Waals surface area contributed by atoms with E-state index >= 15 is 0 Å². The number of carbonyl (C=O) groups excluding carboxylic acids is 2. The lowest BCUT2D eigenvalue weighted by molar-refractivity contribution is -0.313. The first-order valence-corrected chi connectivity index (χ1v) is 9.19. The third-order valence-corrected chi connectivity index (χ3v) is 6.06. The number of carbonyl (C=O) groups is 2. The quantitative estimate of drug-likeness (QED) is 0.837. The summed E-state index contributed by atoms with van der Waals surface area (Å²) in [6.45, 7) is 1.87. The molecule has 0 radical (unpaired) electrons. The van der Waals surface area contributed by atoms with Crippen LogP contribution in [0.4, 0.5) is 9.52 Å². The fourth-order valence-corrected chi connectivity index (χ4v) is 4.85. The molecule has 4 atom stereocenters. The molecule has 1 heterocycles. The predicted octanol–water partition coefficient (Wildman–Crippen LogP) is 2.38. The van der Waals surface area contributed by atoms with Crippen molar-refractivity contribution in [2.75, 3.05) is 5.32 Å². The normalized spacial score (nSPS) is 26.2. The third kappa shape index (κ3) is 2.82. The van der Waals surface area contributed by atoms with Crippen LogP contribution in [0.2, 0.25) is 0 Å². The minimum absolute atomic E-state index is 0.0690. The lowest BCUT2D eigenvalue weighted by atomic mass is 9.82. The molecule has 5 nitrogen and oxygen atoms in total. The van der Waals surface area contributed by atoms with Gasteiger partial charge in [0.15, 0.2) is 5.13 Å². The minimum atomic E-state index is -1.18. The van der Waals surface area contributed by atoms with Crippen LogP contribution in [-0.2, 0) is 9.59 Å². The summed E-state index contributed by atoms with van der Waals surface area (Å²) < 4.78 is 13.1. The van der Waals surface area contributed by atoms with Crippen LogP contribution in [0.25, 0.3) is 11.3 Å². The highest BCUT2D eigenvalue weighted by Gasteiger charge is 2.48. The van der Waals surface area contributed by atoms with Gasteiger partial charge < -0.3 is 15.2 Å². The van der Waals surface area contributed by atoms with Gasteiger partial charge in [0.1, 0.15) is 5.82 Å². The third-order valence-electron chi connectivity index (χ3n) is 5.18. The van der Waals surface area contributed by atoms with Gasteiger partial charge in [-0.3, -0.25) is 4.79 Å². The van der Waals surface area contributed by atoms with Crippen LogP contribution in [0.3, 0.4) is 0 Å². The van der Waals surface area contributed by atoms with E-state index in [-0.39, 0.29) is 23.6 Å². The Morgan fingerprint density at radius 3 is 2.50 bits per heavy atom. The molecule has 2 aliphatic rings. The number of carboxylic acids is 1. The molecule has 2 aliphatic carbocycles. The number of aromatic nitrogens is 1. The molecule has 0 aliphatic heterocycles. The fraction of sp³-hybridized carbons (Fsp3) is 0.316. The van der Waals surface area contributed by atoms with E-state index in [4.69, 9.17) is 0 Å². The summed E-state index contributed by atoms with van der Waals surface area (Å²) in [5.74, 6) is -3.46. The molecule has 2 bridgehead atoms. The van der Waals surface area contributed by atoms with Gasteiger partial charge >= 0.3 is 0 Å². The number of amides is 1. The molecule has 0 unspecified atom stereocenters. The highest BCUT2D eigenvalue weighted by atomic mass is 32.1. The van der Waals surface area contributed by atoms with Crippen LogP contribution in [0.15, 0.2) is 36.4 Å². The van der Waals surface area contributed by atoms with Gasteiger partial charge in [-0.05, 0) is 49.4 Å². The fourth-order valence-electron chi connectivity index (χ4n) is 4.02. The van der Waals surface area contributed by atoms with Gasteiger partial charge in [-0.15, -0.1) is 11.3 Å². The molecule has 1 N–H and O–H groups in total. The van der Waals surface area contributed by atoms with Crippen LogP contribution >= 0.6 is 11.3 Å². The topological polar surface area (TPSA) is 82.1 Å². The van der Waals surface area contributed by atoms with Crippen molar-refractivity contribution in [2.24, 2.45) is 23.7 Å². The van der Waals surface area contributed by atoms with E-state index < -0.39 is 17.8 Å². The average Bonchev–Trinajstić information content (AvgIpc) is 3.29. The zero-order valence-electron chi connectivity index (χ0n) is 13.9. The second kappa shape index (κ2) is 6.32. The molecule has 1 amide bonds. The molecule has 4 rings (SSSR count). The van der Waals surface area contributed by atoms with Crippen LogP contribution in [0.1, 0.15) is 11.3 Å². The van der Waals surface area contributed by atoms with Gasteiger partial charge in [-0.1, -0.05) is 12.2 Å². The molecule has 1 fully saturated rings. The van der Waals surface area contributed by atoms with Gasteiger partial charge in [-0.25, -0.2) is 9.37 Å². The maximum Gasteiger partial charge on any atom is 0.230 e. The first kappa shape index (κ1) is 16.9. The Bertz CT molecular complexity index is 906. The van der Waals surface area contributed by atoms with E-state index in [1.54, 1.807) is 12.1 Å². The average molecular weight is 371 g/mol. The Morgan fingerprint density at radius 2 is 1.85 bits per heavy atom. The number of anilines is 1. The number of nitrogens with zero attached hydrogens (tertiary/aromatic N) is 1. The molecule has 1 aromatic carbocycles. The first-order chi connectivity index (χ1) is 12.4. The van der Waals surface area contributed by atoms with Crippen molar-refractivity contribution < 1.29 is 19.1 Å². The van der Waals surface area contributed by atoms with E-state index in [2.05, 4.69) is 10.3 Å². The molecule has 26 heavy (non-hydrogen) atoms. The highest BCUT2D eigenvalue weighted by Crippen LogP contribution is 2.48. The van der Waals surface area contributed by atoms with Gasteiger partial charge in [0.25, 0.3) is 0 Å². The Hall–Kier alpha value is -2.54. The molecule has 0 saturated heterocycles. The zero-order chi connectivity index (χ0) is 18.4. The van der Waals surface area contributed by atoms with Crippen LogP contribution < -0.4 is 10.4 Å². The van der Waals surface area contributed by atoms with Gasteiger partial charge in [0, 0.05) is 22.3 Å². The first-order valence-electron chi connectivity index (χ1n) is 8.37. The number of aryl methyl sites for hydroxylation is 1. The number of hydrogen-bond acceptors (Lipinski definition) is 5. The Kier molecular flexibility index (Phi) is 4.11. The van der Waals surface area contributed by atoms with Gasteiger partial charge in [-0.2, -0.15) is 0 Å². The number of hydrogen-bond donors (Lipinski definition) is 1. The number of rotatable bonds is 4. The van der Waals surface area contributed by atoms with Crippen LogP contribution in [-0.4, -0.2) is 16.9 Å². The Balaban J connectivity index is 1.55. The molecule has 134 valence electrons. The van der Waals surface area contributed by atoms with Crippen molar-refractivity contribution in [1.82, 2.24) is 4.98 Å². The van der Waals surface area contributed by atoms with Crippen molar-refractivity contribution in [2.45, 2.75) is 13.3 Å². The SMILES string of the molecule is Cc1sc(NC(=O)[C@H]2[C@@H](C(=O)[O-])[C@H]3C=C[C@@H]2C3)nc1-c1ccc(F)cc1. The maximum absolute atomic E-state index is 13.1. The smallest absolute Gasteiger partial charge is 0.230 e. The van der Waals surface area contributed by atoms with E-state index in [9.17, 15) is 19.1 Å². The highest BCUT2D eigenvalue weighted by molar-refractivity contribution is 7.16. The summed E-state index contributed by atoms with van der Waals surface area (Å²) in [6, 6.07) is 5.99. The summed E-state index contributed by atoms with van der Waals surface area (Å²) in [7, 11) is 0. The van der Waals surface area contributed by atoms with Gasteiger partial charge in [0.05, 0.1) is 11.6 Å². The molecule has 1 saturated carbocycles. The molecule has 7 heteroatoms. The van der Waals surface area contributed by atoms with E-state index in [0.717, 1.165) is 10.4 Å². The second-order valence-corrected chi connectivity index (χ2v) is 7.94. The van der Waals surface area contributed by atoms with Crippen molar-refractivity contribution in [1.29, 1.82) is 0 Å². The summed E-state index contributed by atoms with van der Waals surface area (Å²) in [5.41, 5.74) is 1.44. The Labute approximate surface area is 153 Å². The number of halogens is 1. The Morgan fingerprint density at radius 1 is 1.19 bits per heavy atom. The maximum atomic E-state index is 13.1. The molecule has 2 aromatic rings. The number of carboxylic acid groups (broad SMARTS) is 1. The van der Waals surface area contributed by atoms with Crippen molar-refractivity contribution in [3.8, 4) is 11.3 Å². The number of aliphatic carboxylic acids is 1. The summed E-state index contributed by atoms with van der Waals surface area (Å²) >= 11 is 1.31. The number of thiazole rings is 1. The predicted molar refractivity (Wildman–Crippen MR) is 93.6 cm³/mol. The lowest BCUT2D eigenvalue weighted by Gasteiger charge is -2.27. The molecular formula is C19H16FN2O3S-. The second-order valence-electron chi connectivity index (χ2n) is 6.74. The summed E-state index contributed by atoms with van der Waals surface area (Å²) in [6.07, 6.45) is 4.47. The van der Waals surface area contributed by atoms with Gasteiger partial charge in [0.2, 0.25) is 5.91 Å². The molecule has 0 spiro atoms. The lowest BCUT2D eigenvalue weighted by Crippen LogP contribution is -2.42. The number of fused-ring (bicyclic) bond motifs is 2. The molecule has 1 aromatic heterocycles. The monoisotopic (exact) mass is 371 g/mol. The zero-order valence-corrected chi connectivity index (χ0v) is 14.8. The van der Waals surface area contributed by atoms with E-state index in [1.807, 2.05) is 19.1 Å². The number of benzene rings is 1. The summed E-state index contributed by atoms with van der Waals surface area (Å²) in [4.78, 5) is 29.5. The minimum Gasteiger partial charge on any atom is -0.550 e. The largest absolute Gasteiger partial charge is 0.550 e. The van der Waals surface area contributed by atoms with Crippen LogP contribution in [0, 0.1) is 36.4 Å². The standard InChI is InChI=1S/C19H17FN2O3S/c1-9-16(10-4-6-13(20)7-5-10)21-19(26-9)22-17(23)14-11-2-3-12(8-11)15(14)18(24)25/h2-7,11-12,14-15H,8H2,1H3,(H,24,25)(H,21,22,23)/p-1/t11-,12+,14-,15+/m1/s1. The van der Waals surface area contributed by atoms with Crippen LogP contribution in [0.5, 0.6) is 0 Å². The molecular weight excluding hydrogens is 355 g/mol. The van der Waals surface area contributed by atoms with E-state index in [1.165, 1.54) is 23.5 Å². The summed E-state index contributed by atoms with van der Waals surface area (Å²) in [5, 5.41) is 14.6. The number of nitrogens with one attached hydrogen (secondary N) is 1. The van der Waals surface area contributed by atoms with Crippen molar-refractivity contribution in [3.05, 3.63) is 47.1 Å². The number of allylic oxidation sites excluding steroid dienone is 2. The van der Waals surface area contributed by atoms with Crippen molar-refractivity contribution >= 4 is 28.3 Å². The van der Waals surface area contributed by atoms with Crippen molar-refractivity contribution in [3.63, 3.8) is 0 Å².